The van der Waals surface area contributed by atoms with Gasteiger partial charge in [-0.2, -0.15) is 0 Å². The van der Waals surface area contributed by atoms with Crippen molar-refractivity contribution in [3.8, 4) is 0 Å². The fourth-order valence-electron chi connectivity index (χ4n) is 0.916. The van der Waals surface area contributed by atoms with Gasteiger partial charge in [-0.15, -0.1) is 0 Å². The second-order valence-corrected chi connectivity index (χ2v) is 2.79. The third-order valence-corrected chi connectivity index (χ3v) is 1.65. The molecule has 0 spiro atoms. The Bertz CT molecular complexity index is 152. The van der Waals surface area contributed by atoms with Gasteiger partial charge in [-0.3, -0.25) is 4.79 Å². The van der Waals surface area contributed by atoms with Crippen LogP contribution in [-0.4, -0.2) is 36.9 Å². The van der Waals surface area contributed by atoms with Crippen LogP contribution in [0.4, 0.5) is 0 Å². The second-order valence-electron chi connectivity index (χ2n) is 2.79. The van der Waals surface area contributed by atoms with Crippen LogP contribution in [0, 0.1) is 0 Å². The molecule has 5 N–H and O–H groups in total. The largest absolute Gasteiger partial charge is 0.480 e. The highest BCUT2D eigenvalue weighted by Gasteiger charge is 2.33. The first kappa shape index (κ1) is 11.4. The van der Waals surface area contributed by atoms with Crippen molar-refractivity contribution in [3.63, 3.8) is 0 Å². The number of nitrogens with two attached hydrogens (primary N) is 2. The van der Waals surface area contributed by atoms with Crippen molar-refractivity contribution in [1.82, 2.24) is 0 Å². The van der Waals surface area contributed by atoms with Gasteiger partial charge >= 0.3 is 5.97 Å². The Kier molecular flexibility index (Phi) is 4.80. The Morgan fingerprint density at radius 3 is 2.58 bits per heavy atom. The van der Waals surface area contributed by atoms with E-state index in [1.165, 1.54) is 7.11 Å². The fraction of sp³-hybridized carbons (Fsp3) is 0.857. The Hall–Kier alpha value is -0.650. The van der Waals surface area contributed by atoms with Crippen molar-refractivity contribution in [2.24, 2.45) is 11.5 Å². The van der Waals surface area contributed by atoms with Crippen molar-refractivity contribution in [1.29, 1.82) is 0 Å². The first-order valence-electron chi connectivity index (χ1n) is 3.78. The van der Waals surface area contributed by atoms with Crippen molar-refractivity contribution in [2.75, 3.05) is 20.3 Å². The average molecular weight is 176 g/mol. The molecule has 1 unspecified atom stereocenters. The summed E-state index contributed by atoms with van der Waals surface area (Å²) in [7, 11) is 1.42. The number of carboxylic acids is 1. The predicted molar refractivity (Wildman–Crippen MR) is 44.7 cm³/mol. The van der Waals surface area contributed by atoms with Gasteiger partial charge in [0, 0.05) is 7.11 Å². The molecule has 0 amide bonds. The number of rotatable bonds is 6. The molecule has 5 nitrogen and oxygen atoms in total. The lowest BCUT2D eigenvalue weighted by molar-refractivity contribution is -0.145. The molecule has 0 aliphatic heterocycles. The van der Waals surface area contributed by atoms with Crippen LogP contribution in [0.5, 0.6) is 0 Å². The predicted octanol–water partition coefficient (Wildman–Crippen LogP) is -0.846. The molecule has 0 bridgehead atoms. The third-order valence-electron chi connectivity index (χ3n) is 1.65. The molecule has 72 valence electrons. The Balaban J connectivity index is 4.08. The molecule has 0 saturated heterocycles. The molecule has 0 aliphatic carbocycles. The summed E-state index contributed by atoms with van der Waals surface area (Å²) in [6, 6.07) is 0. The lowest BCUT2D eigenvalue weighted by Crippen LogP contribution is -2.52. The number of aliphatic carboxylic acids is 1. The van der Waals surface area contributed by atoms with Crippen LogP contribution in [0.2, 0.25) is 0 Å². The summed E-state index contributed by atoms with van der Waals surface area (Å²) in [4.78, 5) is 10.7. The Labute approximate surface area is 71.7 Å². The quantitative estimate of drug-likeness (QED) is 0.490. The van der Waals surface area contributed by atoms with Gasteiger partial charge in [-0.25, -0.2) is 0 Å². The fourth-order valence-corrected chi connectivity index (χ4v) is 0.916. The maximum absolute atomic E-state index is 10.7. The molecule has 0 radical (unpaired) electrons. The van der Waals surface area contributed by atoms with Crippen molar-refractivity contribution in [3.05, 3.63) is 0 Å². The lowest BCUT2D eigenvalue weighted by atomic mass is 9.96. The van der Waals surface area contributed by atoms with Gasteiger partial charge < -0.3 is 21.3 Å². The molecule has 0 aromatic rings. The molecule has 0 fully saturated rings. The number of carbonyl (C=O) groups is 1. The SMILES string of the molecule is COCC(N)(CCCN)C(=O)O. The summed E-state index contributed by atoms with van der Waals surface area (Å²) in [6.45, 7) is 0.457. The topological polar surface area (TPSA) is 98.6 Å². The molecule has 0 aromatic heterocycles. The normalized spacial score (nSPS) is 15.6. The van der Waals surface area contributed by atoms with E-state index < -0.39 is 11.5 Å². The van der Waals surface area contributed by atoms with Gasteiger partial charge in [0.05, 0.1) is 6.61 Å². The molecule has 1 atom stereocenters. The van der Waals surface area contributed by atoms with E-state index in [0.29, 0.717) is 19.4 Å². The van der Waals surface area contributed by atoms with Crippen molar-refractivity contribution < 1.29 is 14.6 Å². The monoisotopic (exact) mass is 176 g/mol. The van der Waals surface area contributed by atoms with E-state index in [1.807, 2.05) is 0 Å². The Morgan fingerprint density at radius 2 is 2.25 bits per heavy atom. The maximum Gasteiger partial charge on any atom is 0.326 e. The molecule has 0 aliphatic rings. The van der Waals surface area contributed by atoms with Crippen LogP contribution in [0.15, 0.2) is 0 Å². The molecule has 0 rings (SSSR count). The van der Waals surface area contributed by atoms with E-state index in [0.717, 1.165) is 0 Å². The standard InChI is InChI=1S/C7H16N2O3/c1-12-5-7(9,6(10)11)3-2-4-8/h2-5,8-9H2,1H3,(H,10,11). The third kappa shape index (κ3) is 3.17. The summed E-state index contributed by atoms with van der Waals surface area (Å²) < 4.78 is 4.72. The first-order valence-corrected chi connectivity index (χ1v) is 3.78. The molecule has 0 saturated carbocycles. The van der Waals surface area contributed by atoms with Gasteiger partial charge in [0.2, 0.25) is 0 Å². The highest BCUT2D eigenvalue weighted by Crippen LogP contribution is 2.09. The van der Waals surface area contributed by atoms with Crippen molar-refractivity contribution >= 4 is 5.97 Å². The summed E-state index contributed by atoms with van der Waals surface area (Å²) in [5.74, 6) is -1.04. The number of methoxy groups -OCH3 is 1. The maximum atomic E-state index is 10.7. The number of ether oxygens (including phenoxy) is 1. The smallest absolute Gasteiger partial charge is 0.326 e. The van der Waals surface area contributed by atoms with E-state index in [9.17, 15) is 4.79 Å². The lowest BCUT2D eigenvalue weighted by Gasteiger charge is -2.23. The second kappa shape index (κ2) is 5.08. The van der Waals surface area contributed by atoms with Crippen LogP contribution in [0.3, 0.4) is 0 Å². The molecule has 5 heteroatoms. The van der Waals surface area contributed by atoms with E-state index in [2.05, 4.69) is 0 Å². The summed E-state index contributed by atoms with van der Waals surface area (Å²) in [5, 5.41) is 8.74. The summed E-state index contributed by atoms with van der Waals surface area (Å²) >= 11 is 0. The summed E-state index contributed by atoms with van der Waals surface area (Å²) in [6.07, 6.45) is 0.929. The number of carboxylic acid groups (broad SMARTS) is 1. The molecular weight excluding hydrogens is 160 g/mol. The van der Waals surface area contributed by atoms with Gasteiger partial charge in [-0.05, 0) is 19.4 Å². The zero-order valence-electron chi connectivity index (χ0n) is 7.25. The zero-order valence-corrected chi connectivity index (χ0v) is 7.25. The van der Waals surface area contributed by atoms with Crippen LogP contribution < -0.4 is 11.5 Å². The van der Waals surface area contributed by atoms with Crippen LogP contribution in [0.1, 0.15) is 12.8 Å². The van der Waals surface area contributed by atoms with Crippen LogP contribution in [0.25, 0.3) is 0 Å². The van der Waals surface area contributed by atoms with E-state index in [4.69, 9.17) is 21.3 Å². The van der Waals surface area contributed by atoms with Gasteiger partial charge in [0.1, 0.15) is 5.54 Å². The first-order chi connectivity index (χ1) is 5.56. The Morgan fingerprint density at radius 1 is 1.67 bits per heavy atom. The van der Waals surface area contributed by atoms with Gasteiger partial charge in [-0.1, -0.05) is 0 Å². The zero-order chi connectivity index (χ0) is 9.61. The molecule has 0 aromatic carbocycles. The minimum atomic E-state index is -1.28. The average Bonchev–Trinajstić information content (AvgIpc) is 2.01. The van der Waals surface area contributed by atoms with E-state index >= 15 is 0 Å². The van der Waals surface area contributed by atoms with E-state index in [-0.39, 0.29) is 6.61 Å². The highest BCUT2D eigenvalue weighted by atomic mass is 16.5. The van der Waals surface area contributed by atoms with Gasteiger partial charge in [0.15, 0.2) is 0 Å². The van der Waals surface area contributed by atoms with Crippen LogP contribution >= 0.6 is 0 Å². The molecule has 0 heterocycles. The minimum Gasteiger partial charge on any atom is -0.480 e. The minimum absolute atomic E-state index is 0.0162. The summed E-state index contributed by atoms with van der Waals surface area (Å²) in [5.41, 5.74) is 9.52. The highest BCUT2D eigenvalue weighted by molar-refractivity contribution is 5.78. The van der Waals surface area contributed by atoms with Crippen molar-refractivity contribution in [2.45, 2.75) is 18.4 Å². The van der Waals surface area contributed by atoms with E-state index in [1.54, 1.807) is 0 Å². The number of hydrogen-bond donors (Lipinski definition) is 3. The molecular formula is C7H16N2O3. The van der Waals surface area contributed by atoms with Crippen LogP contribution in [-0.2, 0) is 9.53 Å². The molecule has 12 heavy (non-hydrogen) atoms. The van der Waals surface area contributed by atoms with Gasteiger partial charge in [0.25, 0.3) is 0 Å². The number of hydrogen-bond acceptors (Lipinski definition) is 4.